The Morgan fingerprint density at radius 1 is 1.14 bits per heavy atom. The second kappa shape index (κ2) is 9.27. The second-order valence-electron chi connectivity index (χ2n) is 9.64. The van der Waals surface area contributed by atoms with Gasteiger partial charge in [0.15, 0.2) is 5.54 Å². The third-order valence-corrected chi connectivity index (χ3v) is 9.04. The summed E-state index contributed by atoms with van der Waals surface area (Å²) in [6.45, 7) is 0.824. The van der Waals surface area contributed by atoms with E-state index in [9.17, 15) is 14.9 Å². The Hall–Kier alpha value is -2.65. The van der Waals surface area contributed by atoms with Gasteiger partial charge in [0, 0.05) is 38.8 Å². The molecule has 3 aliphatic rings. The lowest BCUT2D eigenvalue weighted by molar-refractivity contribution is -0.534. The van der Waals surface area contributed by atoms with Crippen LogP contribution >= 0.6 is 39.1 Å². The molecule has 4 atom stereocenters. The highest BCUT2D eigenvalue weighted by atomic mass is 79.9. The average Bonchev–Trinajstić information content (AvgIpc) is 3.53. The SMILES string of the molecule is O=C1Nc2ccccc2[C@]12[C@H]([N+](=O)[O-])[C@H](c1cc(Br)ccc1OCc1ccc(Cl)c(Cl)c1)[C@@H]1CCCN12. The fourth-order valence-corrected chi connectivity index (χ4v) is 7.15. The van der Waals surface area contributed by atoms with Gasteiger partial charge in [-0.2, -0.15) is 0 Å². The van der Waals surface area contributed by atoms with Crippen LogP contribution in [0.15, 0.2) is 65.1 Å². The molecular weight excluding hydrogens is 581 g/mol. The van der Waals surface area contributed by atoms with E-state index in [1.807, 2.05) is 48.5 Å². The lowest BCUT2D eigenvalue weighted by Crippen LogP contribution is -2.55. The smallest absolute Gasteiger partial charge is 0.256 e. The highest BCUT2D eigenvalue weighted by Crippen LogP contribution is 2.59. The molecule has 0 aromatic heterocycles. The third-order valence-electron chi connectivity index (χ3n) is 7.80. The van der Waals surface area contributed by atoms with Gasteiger partial charge in [0.25, 0.3) is 11.9 Å². The molecule has 3 aromatic carbocycles. The number of ether oxygens (including phenoxy) is 1. The van der Waals surface area contributed by atoms with Crippen molar-refractivity contribution in [1.82, 2.24) is 4.90 Å². The molecule has 3 aliphatic heterocycles. The number of nitro groups is 1. The molecule has 0 radical (unpaired) electrons. The Bertz CT molecular complexity index is 1440. The molecule has 1 amide bonds. The van der Waals surface area contributed by atoms with Crippen LogP contribution in [-0.4, -0.2) is 34.4 Å². The number of para-hydroxylation sites is 1. The predicted octanol–water partition coefficient (Wildman–Crippen LogP) is 6.39. The van der Waals surface area contributed by atoms with Crippen molar-refractivity contribution in [3.05, 3.63) is 102 Å². The molecule has 2 fully saturated rings. The number of amides is 1. The number of hydrogen-bond donors (Lipinski definition) is 1. The predicted molar refractivity (Wildman–Crippen MR) is 145 cm³/mol. The first-order chi connectivity index (χ1) is 17.8. The summed E-state index contributed by atoms with van der Waals surface area (Å²) in [6, 6.07) is 16.8. The molecule has 0 saturated carbocycles. The van der Waals surface area contributed by atoms with Crippen molar-refractivity contribution < 1.29 is 14.5 Å². The van der Waals surface area contributed by atoms with E-state index >= 15 is 0 Å². The first-order valence-corrected chi connectivity index (χ1v) is 13.5. The maximum atomic E-state index is 13.7. The fourth-order valence-electron chi connectivity index (χ4n) is 6.45. The number of benzene rings is 3. The number of rotatable bonds is 5. The van der Waals surface area contributed by atoms with Gasteiger partial charge in [0.1, 0.15) is 12.4 Å². The first-order valence-electron chi connectivity index (χ1n) is 12.0. The van der Waals surface area contributed by atoms with Gasteiger partial charge in [-0.15, -0.1) is 0 Å². The minimum absolute atomic E-state index is 0.186. The van der Waals surface area contributed by atoms with Crippen LogP contribution in [0.25, 0.3) is 0 Å². The molecule has 0 unspecified atom stereocenters. The number of nitrogens with zero attached hydrogens (tertiary/aromatic N) is 2. The van der Waals surface area contributed by atoms with Gasteiger partial charge in [-0.25, -0.2) is 0 Å². The molecule has 7 nitrogen and oxygen atoms in total. The van der Waals surface area contributed by atoms with E-state index < -0.39 is 17.5 Å². The van der Waals surface area contributed by atoms with E-state index in [0.717, 1.165) is 22.9 Å². The molecule has 2 saturated heterocycles. The zero-order chi connectivity index (χ0) is 25.9. The third kappa shape index (κ3) is 3.76. The number of carbonyl (C=O) groups excluding carboxylic acids is 1. The molecule has 6 rings (SSSR count). The maximum absolute atomic E-state index is 13.7. The van der Waals surface area contributed by atoms with Crippen LogP contribution in [0.1, 0.15) is 35.4 Å². The van der Waals surface area contributed by atoms with E-state index in [4.69, 9.17) is 27.9 Å². The number of nitrogens with one attached hydrogen (secondary N) is 1. The van der Waals surface area contributed by atoms with Gasteiger partial charge in [0.2, 0.25) is 0 Å². The minimum Gasteiger partial charge on any atom is -0.489 e. The summed E-state index contributed by atoms with van der Waals surface area (Å²) >= 11 is 15.8. The summed E-state index contributed by atoms with van der Waals surface area (Å²) in [5.41, 5.74) is 1.46. The summed E-state index contributed by atoms with van der Waals surface area (Å²) in [5.74, 6) is -0.351. The van der Waals surface area contributed by atoms with Crippen molar-refractivity contribution in [2.75, 3.05) is 11.9 Å². The van der Waals surface area contributed by atoms with Gasteiger partial charge in [0.05, 0.1) is 16.0 Å². The monoisotopic (exact) mass is 601 g/mol. The molecule has 190 valence electrons. The Balaban J connectivity index is 1.46. The Morgan fingerprint density at radius 3 is 2.73 bits per heavy atom. The molecule has 1 N–H and O–H groups in total. The molecule has 10 heteroatoms. The van der Waals surface area contributed by atoms with Crippen molar-refractivity contribution in [1.29, 1.82) is 0 Å². The number of halogens is 3. The van der Waals surface area contributed by atoms with Gasteiger partial charge in [-0.3, -0.25) is 19.8 Å². The number of carbonyl (C=O) groups is 1. The molecule has 1 spiro atoms. The molecular formula is C27H22BrCl2N3O4. The van der Waals surface area contributed by atoms with E-state index in [1.54, 1.807) is 12.1 Å². The van der Waals surface area contributed by atoms with Gasteiger partial charge < -0.3 is 10.1 Å². The first kappa shape index (κ1) is 24.7. The van der Waals surface area contributed by atoms with E-state index in [1.165, 1.54) is 0 Å². The van der Waals surface area contributed by atoms with Gasteiger partial charge in [-0.1, -0.05) is 63.4 Å². The van der Waals surface area contributed by atoms with Crippen LogP contribution < -0.4 is 10.1 Å². The normalized spacial score (nSPS) is 26.2. The fraction of sp³-hybridized carbons (Fsp3) is 0.296. The zero-order valence-corrected chi connectivity index (χ0v) is 22.6. The maximum Gasteiger partial charge on any atom is 0.256 e. The molecule has 0 bridgehead atoms. The summed E-state index contributed by atoms with van der Waals surface area (Å²) in [5, 5.41) is 16.7. The van der Waals surface area contributed by atoms with Crippen LogP contribution in [0.2, 0.25) is 10.0 Å². The Labute approximate surface area is 232 Å². The van der Waals surface area contributed by atoms with Crippen LogP contribution in [0.4, 0.5) is 5.69 Å². The molecule has 3 heterocycles. The van der Waals surface area contributed by atoms with Crippen LogP contribution in [-0.2, 0) is 16.9 Å². The summed E-state index contributed by atoms with van der Waals surface area (Å²) < 4.78 is 7.03. The highest BCUT2D eigenvalue weighted by Gasteiger charge is 2.73. The van der Waals surface area contributed by atoms with Crippen molar-refractivity contribution in [2.45, 2.75) is 43.0 Å². The number of hydrogen-bond acceptors (Lipinski definition) is 5. The van der Waals surface area contributed by atoms with Gasteiger partial charge in [-0.05, 0) is 54.8 Å². The lowest BCUT2D eigenvalue weighted by atomic mass is 9.77. The standard InChI is InChI=1S/C27H22BrCl2N3O4/c28-16-8-10-23(37-14-15-7-9-19(29)20(30)12-15)17(13-16)24-22-6-3-11-32(22)27(25(24)33(35)36)18-4-1-2-5-21(18)31-26(27)34/h1-2,4-5,7-10,12-13,22,24-25H,3,6,11,14H2,(H,31,34)/t22-,24+,25+,27-/m0/s1. The zero-order valence-electron chi connectivity index (χ0n) is 19.5. The molecule has 0 aliphatic carbocycles. The summed E-state index contributed by atoms with van der Waals surface area (Å²) in [7, 11) is 0. The Morgan fingerprint density at radius 2 is 1.95 bits per heavy atom. The van der Waals surface area contributed by atoms with Crippen LogP contribution in [0.5, 0.6) is 5.75 Å². The second-order valence-corrected chi connectivity index (χ2v) is 11.4. The van der Waals surface area contributed by atoms with Gasteiger partial charge >= 0.3 is 0 Å². The summed E-state index contributed by atoms with van der Waals surface area (Å²) in [6.07, 6.45) is 1.61. The number of anilines is 1. The number of fused-ring (bicyclic) bond motifs is 4. The molecule has 37 heavy (non-hydrogen) atoms. The van der Waals surface area contributed by atoms with Crippen molar-refractivity contribution in [3.63, 3.8) is 0 Å². The van der Waals surface area contributed by atoms with Crippen LogP contribution in [0.3, 0.4) is 0 Å². The minimum atomic E-state index is -1.38. The topological polar surface area (TPSA) is 84.7 Å². The van der Waals surface area contributed by atoms with Crippen LogP contribution in [0, 0.1) is 10.1 Å². The van der Waals surface area contributed by atoms with Crippen molar-refractivity contribution >= 4 is 50.7 Å². The van der Waals surface area contributed by atoms with E-state index in [-0.39, 0.29) is 23.5 Å². The summed E-state index contributed by atoms with van der Waals surface area (Å²) in [4.78, 5) is 28.4. The lowest BCUT2D eigenvalue weighted by Gasteiger charge is -2.32. The Kier molecular flexibility index (Phi) is 6.18. The highest BCUT2D eigenvalue weighted by molar-refractivity contribution is 9.10. The largest absolute Gasteiger partial charge is 0.489 e. The van der Waals surface area contributed by atoms with E-state index in [0.29, 0.717) is 39.2 Å². The van der Waals surface area contributed by atoms with E-state index in [2.05, 4.69) is 26.1 Å². The molecule has 3 aromatic rings. The van der Waals surface area contributed by atoms with Crippen molar-refractivity contribution in [2.24, 2.45) is 0 Å². The van der Waals surface area contributed by atoms with Crippen molar-refractivity contribution in [3.8, 4) is 5.75 Å². The average molecular weight is 603 g/mol. The quantitative estimate of drug-likeness (QED) is 0.270.